The molecule has 0 radical (unpaired) electrons. The molecule has 0 aliphatic rings. The Morgan fingerprint density at radius 1 is 1.12 bits per heavy atom. The van der Waals surface area contributed by atoms with Crippen LogP contribution in [0.4, 0.5) is 0 Å². The SMILES string of the molecule is Cc1nnc(-c2cccc(C(=O)O)c2C)nn1. The standard InChI is InChI=1S/C11H10N4O2/c1-6-8(4-3-5-9(6)11(16)17)10-14-12-7(2)13-15-10/h3-5H,1-2H3,(H,16,17). The lowest BCUT2D eigenvalue weighted by atomic mass is 10.0. The summed E-state index contributed by atoms with van der Waals surface area (Å²) in [6.45, 7) is 3.40. The maximum atomic E-state index is 11.0. The highest BCUT2D eigenvalue weighted by molar-refractivity contribution is 5.91. The predicted molar refractivity (Wildman–Crippen MR) is 59.5 cm³/mol. The Morgan fingerprint density at radius 2 is 1.76 bits per heavy atom. The van der Waals surface area contributed by atoms with Crippen LogP contribution >= 0.6 is 0 Å². The average molecular weight is 230 g/mol. The number of hydrogen-bond acceptors (Lipinski definition) is 5. The second kappa shape index (κ2) is 4.25. The van der Waals surface area contributed by atoms with Gasteiger partial charge in [-0.25, -0.2) is 4.79 Å². The molecule has 0 amide bonds. The van der Waals surface area contributed by atoms with E-state index in [1.807, 2.05) is 0 Å². The van der Waals surface area contributed by atoms with Crippen molar-refractivity contribution < 1.29 is 9.90 Å². The fraction of sp³-hybridized carbons (Fsp3) is 0.182. The number of carboxylic acid groups (broad SMARTS) is 1. The number of hydrogen-bond donors (Lipinski definition) is 1. The molecule has 0 atom stereocenters. The molecule has 6 heteroatoms. The molecule has 0 unspecified atom stereocenters. The quantitative estimate of drug-likeness (QED) is 0.835. The molecule has 2 rings (SSSR count). The molecule has 2 aromatic rings. The third-order valence-electron chi connectivity index (χ3n) is 2.38. The second-order valence-corrected chi connectivity index (χ2v) is 3.55. The molecule has 1 heterocycles. The van der Waals surface area contributed by atoms with E-state index < -0.39 is 5.97 Å². The first kappa shape index (κ1) is 11.1. The van der Waals surface area contributed by atoms with Gasteiger partial charge in [-0.15, -0.1) is 20.4 Å². The van der Waals surface area contributed by atoms with Gasteiger partial charge in [-0.1, -0.05) is 12.1 Å². The fourth-order valence-corrected chi connectivity index (χ4v) is 1.50. The Bertz CT molecular complexity index is 566. The van der Waals surface area contributed by atoms with Crippen LogP contribution in [-0.2, 0) is 0 Å². The van der Waals surface area contributed by atoms with E-state index in [-0.39, 0.29) is 5.56 Å². The van der Waals surface area contributed by atoms with Gasteiger partial charge in [0.15, 0.2) is 5.82 Å². The van der Waals surface area contributed by atoms with Crippen LogP contribution in [0.15, 0.2) is 18.2 Å². The highest BCUT2D eigenvalue weighted by atomic mass is 16.4. The van der Waals surface area contributed by atoms with E-state index in [0.717, 1.165) is 0 Å². The lowest BCUT2D eigenvalue weighted by Crippen LogP contribution is -2.04. The number of nitrogens with zero attached hydrogens (tertiary/aromatic N) is 4. The molecule has 0 saturated heterocycles. The molecule has 0 saturated carbocycles. The van der Waals surface area contributed by atoms with Crippen LogP contribution in [0, 0.1) is 13.8 Å². The Hall–Kier alpha value is -2.37. The van der Waals surface area contributed by atoms with Crippen molar-refractivity contribution in [3.05, 3.63) is 35.2 Å². The van der Waals surface area contributed by atoms with E-state index in [1.54, 1.807) is 26.0 Å². The number of aromatic carboxylic acids is 1. The molecule has 0 aliphatic heterocycles. The van der Waals surface area contributed by atoms with Crippen LogP contribution in [0.1, 0.15) is 21.7 Å². The van der Waals surface area contributed by atoms with Crippen molar-refractivity contribution in [2.24, 2.45) is 0 Å². The summed E-state index contributed by atoms with van der Waals surface area (Å²) in [7, 11) is 0. The van der Waals surface area contributed by atoms with E-state index in [0.29, 0.717) is 22.8 Å². The smallest absolute Gasteiger partial charge is 0.335 e. The molecule has 0 aliphatic carbocycles. The van der Waals surface area contributed by atoms with Crippen molar-refractivity contribution >= 4 is 5.97 Å². The molecule has 6 nitrogen and oxygen atoms in total. The summed E-state index contributed by atoms with van der Waals surface area (Å²) in [6.07, 6.45) is 0. The molecular formula is C11H10N4O2. The monoisotopic (exact) mass is 230 g/mol. The highest BCUT2D eigenvalue weighted by Gasteiger charge is 2.13. The van der Waals surface area contributed by atoms with Crippen LogP contribution in [0.2, 0.25) is 0 Å². The van der Waals surface area contributed by atoms with Crippen molar-refractivity contribution in [3.8, 4) is 11.4 Å². The zero-order valence-corrected chi connectivity index (χ0v) is 9.38. The van der Waals surface area contributed by atoms with E-state index in [2.05, 4.69) is 20.4 Å². The summed E-state index contributed by atoms with van der Waals surface area (Å²) in [5.41, 5.74) is 1.46. The summed E-state index contributed by atoms with van der Waals surface area (Å²) in [4.78, 5) is 11.0. The van der Waals surface area contributed by atoms with Gasteiger partial charge >= 0.3 is 5.97 Å². The lowest BCUT2D eigenvalue weighted by molar-refractivity contribution is 0.0696. The summed E-state index contributed by atoms with van der Waals surface area (Å²) in [5, 5.41) is 24.4. The summed E-state index contributed by atoms with van der Waals surface area (Å²) < 4.78 is 0. The van der Waals surface area contributed by atoms with Gasteiger partial charge in [-0.3, -0.25) is 0 Å². The van der Waals surface area contributed by atoms with Crippen molar-refractivity contribution in [2.75, 3.05) is 0 Å². The Labute approximate surface area is 97.4 Å². The van der Waals surface area contributed by atoms with E-state index in [1.165, 1.54) is 6.07 Å². The first-order valence-electron chi connectivity index (χ1n) is 4.97. The van der Waals surface area contributed by atoms with Crippen molar-refractivity contribution in [1.29, 1.82) is 0 Å². The summed E-state index contributed by atoms with van der Waals surface area (Å²) in [5.74, 6) is -0.172. The van der Waals surface area contributed by atoms with Gasteiger partial charge in [0.2, 0.25) is 5.82 Å². The van der Waals surface area contributed by atoms with Crippen molar-refractivity contribution in [3.63, 3.8) is 0 Å². The van der Waals surface area contributed by atoms with E-state index >= 15 is 0 Å². The van der Waals surface area contributed by atoms with Crippen molar-refractivity contribution in [2.45, 2.75) is 13.8 Å². The lowest BCUT2D eigenvalue weighted by Gasteiger charge is -2.05. The van der Waals surface area contributed by atoms with Gasteiger partial charge in [0.25, 0.3) is 0 Å². The highest BCUT2D eigenvalue weighted by Crippen LogP contribution is 2.21. The number of benzene rings is 1. The number of carboxylic acids is 1. The second-order valence-electron chi connectivity index (χ2n) is 3.55. The van der Waals surface area contributed by atoms with Crippen LogP contribution in [-0.4, -0.2) is 31.5 Å². The van der Waals surface area contributed by atoms with Crippen LogP contribution in [0.5, 0.6) is 0 Å². The number of aromatic nitrogens is 4. The topological polar surface area (TPSA) is 88.9 Å². The minimum absolute atomic E-state index is 0.228. The zero-order chi connectivity index (χ0) is 12.4. The van der Waals surface area contributed by atoms with E-state index in [4.69, 9.17) is 5.11 Å². The normalized spacial score (nSPS) is 10.2. The third-order valence-corrected chi connectivity index (χ3v) is 2.38. The molecule has 86 valence electrons. The number of aryl methyl sites for hydroxylation is 1. The summed E-state index contributed by atoms with van der Waals surface area (Å²) >= 11 is 0. The Kier molecular flexibility index (Phi) is 2.78. The van der Waals surface area contributed by atoms with Crippen LogP contribution < -0.4 is 0 Å². The number of rotatable bonds is 2. The van der Waals surface area contributed by atoms with Crippen LogP contribution in [0.3, 0.4) is 0 Å². The first-order valence-corrected chi connectivity index (χ1v) is 4.97. The maximum absolute atomic E-state index is 11.0. The van der Waals surface area contributed by atoms with Gasteiger partial charge in [0, 0.05) is 5.56 Å². The largest absolute Gasteiger partial charge is 0.478 e. The van der Waals surface area contributed by atoms with Gasteiger partial charge in [-0.2, -0.15) is 0 Å². The van der Waals surface area contributed by atoms with Gasteiger partial charge < -0.3 is 5.11 Å². The number of carbonyl (C=O) groups is 1. The predicted octanol–water partition coefficient (Wildman–Crippen LogP) is 1.25. The molecule has 1 N–H and O–H groups in total. The maximum Gasteiger partial charge on any atom is 0.335 e. The molecule has 17 heavy (non-hydrogen) atoms. The molecule has 1 aromatic carbocycles. The molecule has 0 fully saturated rings. The average Bonchev–Trinajstić information content (AvgIpc) is 2.30. The third kappa shape index (κ3) is 2.10. The minimum Gasteiger partial charge on any atom is -0.478 e. The first-order chi connectivity index (χ1) is 8.09. The molecule has 0 bridgehead atoms. The molecule has 1 aromatic heterocycles. The van der Waals surface area contributed by atoms with Crippen molar-refractivity contribution in [1.82, 2.24) is 20.4 Å². The Balaban J connectivity index is 2.56. The van der Waals surface area contributed by atoms with E-state index in [9.17, 15) is 4.79 Å². The summed E-state index contributed by atoms with van der Waals surface area (Å²) in [6, 6.07) is 4.93. The Morgan fingerprint density at radius 3 is 2.35 bits per heavy atom. The van der Waals surface area contributed by atoms with Crippen LogP contribution in [0.25, 0.3) is 11.4 Å². The van der Waals surface area contributed by atoms with Gasteiger partial charge in [0.1, 0.15) is 0 Å². The minimum atomic E-state index is -0.975. The molecule has 0 spiro atoms. The van der Waals surface area contributed by atoms with Gasteiger partial charge in [-0.05, 0) is 25.5 Å². The van der Waals surface area contributed by atoms with Gasteiger partial charge in [0.05, 0.1) is 5.56 Å². The zero-order valence-electron chi connectivity index (χ0n) is 9.38. The molecular weight excluding hydrogens is 220 g/mol. The fourth-order valence-electron chi connectivity index (χ4n) is 1.50.